The third kappa shape index (κ3) is 6.65. The lowest BCUT2D eigenvalue weighted by Crippen LogP contribution is -2.46. The van der Waals surface area contributed by atoms with E-state index in [4.69, 9.17) is 0 Å². The fourth-order valence-corrected chi connectivity index (χ4v) is 3.30. The maximum atomic E-state index is 13.5. The first-order chi connectivity index (χ1) is 14.6. The van der Waals surface area contributed by atoms with Gasteiger partial charge in [0.2, 0.25) is 29.2 Å². The van der Waals surface area contributed by atoms with Gasteiger partial charge in [-0.3, -0.25) is 19.3 Å². The first-order valence-electron chi connectivity index (χ1n) is 9.95. The summed E-state index contributed by atoms with van der Waals surface area (Å²) in [6.45, 7) is 4.75. The quantitative estimate of drug-likeness (QED) is 0.262. The van der Waals surface area contributed by atoms with Crippen molar-refractivity contribution in [1.29, 1.82) is 0 Å². The molecule has 2 rings (SSSR count). The van der Waals surface area contributed by atoms with E-state index >= 15 is 0 Å². The van der Waals surface area contributed by atoms with Crippen molar-refractivity contribution in [3.05, 3.63) is 29.3 Å². The summed E-state index contributed by atoms with van der Waals surface area (Å²) in [5.74, 6) is -10.3. The van der Waals surface area contributed by atoms with Gasteiger partial charge in [-0.05, 0) is 33.2 Å². The van der Waals surface area contributed by atoms with E-state index in [0.717, 1.165) is 19.4 Å². The third-order valence-electron chi connectivity index (χ3n) is 4.85. The van der Waals surface area contributed by atoms with E-state index in [1.807, 2.05) is 13.8 Å². The first-order valence-corrected chi connectivity index (χ1v) is 9.95. The van der Waals surface area contributed by atoms with E-state index < -0.39 is 47.3 Å². The van der Waals surface area contributed by atoms with Gasteiger partial charge in [-0.2, -0.15) is 8.78 Å². The van der Waals surface area contributed by atoms with Crippen LogP contribution in [0, 0.1) is 23.3 Å². The Labute approximate surface area is 177 Å². The Morgan fingerprint density at radius 2 is 1.68 bits per heavy atom. The molecule has 1 saturated heterocycles. The fourth-order valence-electron chi connectivity index (χ4n) is 3.30. The van der Waals surface area contributed by atoms with Crippen LogP contribution in [0.25, 0.3) is 0 Å². The Balaban J connectivity index is 1.69. The summed E-state index contributed by atoms with van der Waals surface area (Å²) in [6.07, 6.45) is 1.17. The van der Waals surface area contributed by atoms with Crippen LogP contribution in [0.4, 0.5) is 17.6 Å². The Bertz CT molecular complexity index is 809. The molecule has 0 unspecified atom stereocenters. The second kappa shape index (κ2) is 11.1. The van der Waals surface area contributed by atoms with Crippen molar-refractivity contribution >= 4 is 17.8 Å². The molecule has 31 heavy (non-hydrogen) atoms. The molecule has 1 aliphatic rings. The molecule has 2 amide bonds. The molecule has 7 nitrogen and oxygen atoms in total. The number of nitrogens with zero attached hydrogens (tertiary/aromatic N) is 1. The van der Waals surface area contributed by atoms with Gasteiger partial charge in [0.15, 0.2) is 11.6 Å². The van der Waals surface area contributed by atoms with Crippen LogP contribution in [-0.4, -0.2) is 54.4 Å². The first kappa shape index (κ1) is 24.6. The Morgan fingerprint density at radius 3 is 2.29 bits per heavy atom. The molecule has 0 bridgehead atoms. The topological polar surface area (TPSA) is 87.7 Å². The standard InChI is InChI=1S/C20H25F4N3O4/c1-11(2)27-9-3-4-14(27)20(30)26-7-5-15(28)25-8-6-16(29)31-19-17(23)12(21)10-13(22)18(19)24/h10-11,14H,3-9H2,1-2H3,(H,25,28)(H,26,30)/t14-/m0/s1. The molecule has 2 N–H and O–H groups in total. The lowest BCUT2D eigenvalue weighted by molar-refractivity contribution is -0.134. The van der Waals surface area contributed by atoms with Crippen LogP contribution < -0.4 is 15.4 Å². The predicted molar refractivity (Wildman–Crippen MR) is 102 cm³/mol. The van der Waals surface area contributed by atoms with Crippen LogP contribution >= 0.6 is 0 Å². The zero-order valence-corrected chi connectivity index (χ0v) is 17.3. The number of carbonyl (C=O) groups is 3. The van der Waals surface area contributed by atoms with Gasteiger partial charge in [-0.1, -0.05) is 0 Å². The number of hydrogen-bond donors (Lipinski definition) is 2. The number of esters is 1. The van der Waals surface area contributed by atoms with Gasteiger partial charge in [0.25, 0.3) is 0 Å². The number of rotatable bonds is 9. The molecule has 0 aliphatic carbocycles. The Kier molecular flexibility index (Phi) is 8.78. The van der Waals surface area contributed by atoms with Crippen LogP contribution in [-0.2, 0) is 14.4 Å². The summed E-state index contributed by atoms with van der Waals surface area (Å²) >= 11 is 0. The summed E-state index contributed by atoms with van der Waals surface area (Å²) in [5.41, 5.74) is 0. The molecular formula is C20H25F4N3O4. The average Bonchev–Trinajstić information content (AvgIpc) is 3.20. The molecule has 11 heteroatoms. The number of ether oxygens (including phenoxy) is 1. The smallest absolute Gasteiger partial charge is 0.313 e. The van der Waals surface area contributed by atoms with Crippen molar-refractivity contribution in [2.45, 2.75) is 51.6 Å². The highest BCUT2D eigenvalue weighted by atomic mass is 19.2. The second-order valence-corrected chi connectivity index (χ2v) is 7.40. The lowest BCUT2D eigenvalue weighted by Gasteiger charge is -2.27. The summed E-state index contributed by atoms with van der Waals surface area (Å²) < 4.78 is 57.5. The minimum Gasteiger partial charge on any atom is -0.420 e. The Morgan fingerprint density at radius 1 is 1.06 bits per heavy atom. The van der Waals surface area contributed by atoms with Crippen LogP contribution in [0.15, 0.2) is 6.07 Å². The molecule has 1 atom stereocenters. The van der Waals surface area contributed by atoms with E-state index in [-0.39, 0.29) is 43.6 Å². The number of amides is 2. The summed E-state index contributed by atoms with van der Waals surface area (Å²) in [6, 6.07) is 0.0204. The van der Waals surface area contributed by atoms with Crippen molar-refractivity contribution in [1.82, 2.24) is 15.5 Å². The molecule has 1 aromatic carbocycles. The largest absolute Gasteiger partial charge is 0.420 e. The number of hydrogen-bond acceptors (Lipinski definition) is 5. The highest BCUT2D eigenvalue weighted by Gasteiger charge is 2.31. The van der Waals surface area contributed by atoms with Crippen molar-refractivity contribution in [3.63, 3.8) is 0 Å². The van der Waals surface area contributed by atoms with Crippen LogP contribution in [0.2, 0.25) is 0 Å². The minimum atomic E-state index is -1.83. The molecule has 0 saturated carbocycles. The normalized spacial score (nSPS) is 16.4. The molecule has 0 spiro atoms. The van der Waals surface area contributed by atoms with Crippen molar-refractivity contribution in [2.24, 2.45) is 0 Å². The van der Waals surface area contributed by atoms with Gasteiger partial charge in [-0.25, -0.2) is 8.78 Å². The average molecular weight is 447 g/mol. The molecule has 1 aromatic rings. The fraction of sp³-hybridized carbons (Fsp3) is 0.550. The number of carbonyl (C=O) groups excluding carboxylic acids is 3. The highest BCUT2D eigenvalue weighted by molar-refractivity contribution is 5.83. The molecule has 1 fully saturated rings. The van der Waals surface area contributed by atoms with Gasteiger partial charge >= 0.3 is 5.97 Å². The number of likely N-dealkylation sites (tertiary alicyclic amines) is 1. The maximum Gasteiger partial charge on any atom is 0.313 e. The minimum absolute atomic E-state index is 0.00588. The summed E-state index contributed by atoms with van der Waals surface area (Å²) in [4.78, 5) is 37.8. The van der Waals surface area contributed by atoms with Crippen LogP contribution in [0.3, 0.4) is 0 Å². The SMILES string of the molecule is CC(C)N1CCC[C@H]1C(=O)NCCC(=O)NCCC(=O)Oc1c(F)c(F)cc(F)c1F. The second-order valence-electron chi connectivity index (χ2n) is 7.40. The molecule has 1 heterocycles. The van der Waals surface area contributed by atoms with Crippen LogP contribution in [0.1, 0.15) is 39.5 Å². The summed E-state index contributed by atoms with van der Waals surface area (Å²) in [5, 5.41) is 5.09. The van der Waals surface area contributed by atoms with Crippen molar-refractivity contribution in [3.8, 4) is 5.75 Å². The van der Waals surface area contributed by atoms with Gasteiger partial charge in [0.1, 0.15) is 0 Å². The molecule has 0 radical (unpaired) electrons. The highest BCUT2D eigenvalue weighted by Crippen LogP contribution is 2.26. The van der Waals surface area contributed by atoms with Gasteiger partial charge in [0, 0.05) is 31.6 Å². The molecule has 172 valence electrons. The van der Waals surface area contributed by atoms with Crippen LogP contribution in [0.5, 0.6) is 5.75 Å². The molecular weight excluding hydrogens is 422 g/mol. The van der Waals surface area contributed by atoms with E-state index in [9.17, 15) is 31.9 Å². The maximum absolute atomic E-state index is 13.5. The van der Waals surface area contributed by atoms with E-state index in [1.54, 1.807) is 0 Å². The van der Waals surface area contributed by atoms with E-state index in [1.165, 1.54) is 0 Å². The third-order valence-corrected chi connectivity index (χ3v) is 4.85. The van der Waals surface area contributed by atoms with Gasteiger partial charge in [-0.15, -0.1) is 0 Å². The zero-order valence-electron chi connectivity index (χ0n) is 17.3. The lowest BCUT2D eigenvalue weighted by atomic mass is 10.2. The van der Waals surface area contributed by atoms with E-state index in [2.05, 4.69) is 20.3 Å². The predicted octanol–water partition coefficient (Wildman–Crippen LogP) is 2.03. The molecule has 1 aliphatic heterocycles. The van der Waals surface area contributed by atoms with Gasteiger partial charge < -0.3 is 15.4 Å². The molecule has 0 aromatic heterocycles. The zero-order chi connectivity index (χ0) is 23.1. The summed E-state index contributed by atoms with van der Waals surface area (Å²) in [7, 11) is 0. The number of nitrogens with one attached hydrogen (secondary N) is 2. The Hall–Kier alpha value is -2.69. The van der Waals surface area contributed by atoms with Crippen molar-refractivity contribution in [2.75, 3.05) is 19.6 Å². The number of halogens is 4. The van der Waals surface area contributed by atoms with E-state index in [0.29, 0.717) is 0 Å². The van der Waals surface area contributed by atoms with Gasteiger partial charge in [0.05, 0.1) is 12.5 Å². The monoisotopic (exact) mass is 447 g/mol. The van der Waals surface area contributed by atoms with Crippen molar-refractivity contribution < 1.29 is 36.7 Å². The number of benzene rings is 1.